The molecule has 1 unspecified atom stereocenters. The molecule has 2 aromatic rings. The van der Waals surface area contributed by atoms with Crippen molar-refractivity contribution in [3.8, 4) is 0 Å². The third-order valence-corrected chi connectivity index (χ3v) is 3.69. The number of anilines is 1. The number of piperidine rings is 1. The summed E-state index contributed by atoms with van der Waals surface area (Å²) < 4.78 is 1.57. The third kappa shape index (κ3) is 2.12. The van der Waals surface area contributed by atoms with E-state index in [1.165, 1.54) is 0 Å². The first-order valence-electron chi connectivity index (χ1n) is 6.66. The Morgan fingerprint density at radius 1 is 1.45 bits per heavy atom. The van der Waals surface area contributed by atoms with Crippen molar-refractivity contribution in [1.82, 2.24) is 9.38 Å². The van der Waals surface area contributed by atoms with E-state index in [-0.39, 0.29) is 5.69 Å². The summed E-state index contributed by atoms with van der Waals surface area (Å²) >= 11 is 0. The number of nitrogens with zero attached hydrogens (tertiary/aromatic N) is 3. The van der Waals surface area contributed by atoms with Crippen molar-refractivity contribution in [2.75, 3.05) is 18.0 Å². The number of carboxylic acid groups (broad SMARTS) is 1. The maximum absolute atomic E-state index is 11.6. The van der Waals surface area contributed by atoms with E-state index >= 15 is 0 Å². The Hall–Kier alpha value is -2.08. The lowest BCUT2D eigenvalue weighted by Crippen LogP contribution is -2.46. The first-order chi connectivity index (χ1) is 9.48. The molecule has 1 saturated heterocycles. The van der Waals surface area contributed by atoms with Crippen LogP contribution in [0.1, 0.15) is 30.3 Å². The van der Waals surface area contributed by atoms with Gasteiger partial charge >= 0.3 is 5.97 Å². The molecular weight excluding hydrogens is 258 g/mol. The van der Waals surface area contributed by atoms with E-state index in [4.69, 9.17) is 0 Å². The Kier molecular flexibility index (Phi) is 2.90. The van der Waals surface area contributed by atoms with Crippen molar-refractivity contribution in [1.29, 1.82) is 0 Å². The smallest absolute Gasteiger partial charge is 0.356 e. The number of carboxylic acids is 1. The number of aromatic carboxylic acids is 1. The minimum atomic E-state index is -1.01. The molecule has 6 heteroatoms. The summed E-state index contributed by atoms with van der Waals surface area (Å²) in [7, 11) is 0. The van der Waals surface area contributed by atoms with Gasteiger partial charge in [-0.1, -0.05) is 6.07 Å². The van der Waals surface area contributed by atoms with Crippen LogP contribution in [-0.2, 0) is 0 Å². The molecule has 1 fully saturated rings. The molecule has 0 aliphatic carbocycles. The van der Waals surface area contributed by atoms with E-state index in [2.05, 4.69) is 4.98 Å². The molecule has 0 spiro atoms. The zero-order valence-corrected chi connectivity index (χ0v) is 11.3. The molecule has 0 amide bonds. The number of β-amino-alcohol motifs (C(OH)–C–C–N with tert-alkyl or cyclic N) is 1. The van der Waals surface area contributed by atoms with Crippen LogP contribution in [0.15, 0.2) is 24.4 Å². The quantitative estimate of drug-likeness (QED) is 0.866. The van der Waals surface area contributed by atoms with Gasteiger partial charge < -0.3 is 15.1 Å². The normalized spacial score (nSPS) is 23.2. The highest BCUT2D eigenvalue weighted by Crippen LogP contribution is 2.28. The lowest BCUT2D eigenvalue weighted by atomic mass is 9.95. The van der Waals surface area contributed by atoms with Gasteiger partial charge in [-0.2, -0.15) is 0 Å². The number of pyridine rings is 1. The maximum atomic E-state index is 11.6. The molecule has 3 rings (SSSR count). The van der Waals surface area contributed by atoms with E-state index in [0.29, 0.717) is 24.6 Å². The van der Waals surface area contributed by atoms with Gasteiger partial charge in [0.05, 0.1) is 5.60 Å². The number of aliphatic hydroxyl groups is 1. The minimum Gasteiger partial charge on any atom is -0.476 e. The van der Waals surface area contributed by atoms with Crippen molar-refractivity contribution in [3.63, 3.8) is 0 Å². The van der Waals surface area contributed by atoms with Crippen LogP contribution in [0.2, 0.25) is 0 Å². The third-order valence-electron chi connectivity index (χ3n) is 3.69. The molecule has 6 nitrogen and oxygen atoms in total. The van der Waals surface area contributed by atoms with Crippen molar-refractivity contribution >= 4 is 17.4 Å². The summed E-state index contributed by atoms with van der Waals surface area (Å²) in [5, 5.41) is 19.7. The summed E-state index contributed by atoms with van der Waals surface area (Å²) in [6.45, 7) is 2.88. The molecule has 106 valence electrons. The van der Waals surface area contributed by atoms with Gasteiger partial charge in [-0.25, -0.2) is 9.78 Å². The van der Waals surface area contributed by atoms with Gasteiger partial charge in [0.25, 0.3) is 0 Å². The molecule has 2 aromatic heterocycles. The molecule has 3 heterocycles. The number of aromatic nitrogens is 2. The van der Waals surface area contributed by atoms with Gasteiger partial charge in [-0.15, -0.1) is 0 Å². The standard InChI is InChI=1S/C14H17N3O3/c1-14(20)6-4-7-16(9-14)12-11(13(18)19)17-8-3-2-5-10(17)15-12/h2-3,5,8,20H,4,6-7,9H2,1H3,(H,18,19). The Balaban J connectivity index is 2.11. The molecule has 0 bridgehead atoms. The molecule has 2 N–H and O–H groups in total. The Labute approximate surface area is 116 Å². The Bertz CT molecular complexity index is 663. The van der Waals surface area contributed by atoms with E-state index < -0.39 is 11.6 Å². The predicted molar refractivity (Wildman–Crippen MR) is 74.2 cm³/mol. The average Bonchev–Trinajstić information content (AvgIpc) is 2.76. The van der Waals surface area contributed by atoms with E-state index in [9.17, 15) is 15.0 Å². The largest absolute Gasteiger partial charge is 0.476 e. The van der Waals surface area contributed by atoms with E-state index in [1.54, 1.807) is 29.7 Å². The molecule has 0 aromatic carbocycles. The molecule has 1 aliphatic rings. The minimum absolute atomic E-state index is 0.151. The van der Waals surface area contributed by atoms with Crippen molar-refractivity contribution in [3.05, 3.63) is 30.1 Å². The summed E-state index contributed by atoms with van der Waals surface area (Å²) in [5.74, 6) is -0.576. The van der Waals surface area contributed by atoms with Crippen LogP contribution in [0, 0.1) is 0 Å². The van der Waals surface area contributed by atoms with Gasteiger partial charge in [0.1, 0.15) is 5.65 Å². The van der Waals surface area contributed by atoms with E-state index in [0.717, 1.165) is 12.8 Å². The molecular formula is C14H17N3O3. The lowest BCUT2D eigenvalue weighted by Gasteiger charge is -2.37. The molecule has 1 aliphatic heterocycles. The zero-order valence-electron chi connectivity index (χ0n) is 11.3. The van der Waals surface area contributed by atoms with Crippen LogP contribution in [0.3, 0.4) is 0 Å². The topological polar surface area (TPSA) is 78.1 Å². The van der Waals surface area contributed by atoms with Crippen LogP contribution in [0.25, 0.3) is 5.65 Å². The van der Waals surface area contributed by atoms with Crippen LogP contribution < -0.4 is 4.90 Å². The monoisotopic (exact) mass is 275 g/mol. The summed E-state index contributed by atoms with van der Waals surface area (Å²) in [5.41, 5.74) is -0.0486. The van der Waals surface area contributed by atoms with Crippen molar-refractivity contribution in [2.24, 2.45) is 0 Å². The zero-order chi connectivity index (χ0) is 14.3. The molecule has 0 radical (unpaired) electrons. The van der Waals surface area contributed by atoms with Crippen LogP contribution in [0.5, 0.6) is 0 Å². The highest BCUT2D eigenvalue weighted by molar-refractivity contribution is 5.93. The molecule has 0 saturated carbocycles. The number of hydrogen-bond acceptors (Lipinski definition) is 4. The van der Waals surface area contributed by atoms with Crippen molar-refractivity contribution < 1.29 is 15.0 Å². The highest BCUT2D eigenvalue weighted by atomic mass is 16.4. The fourth-order valence-corrected chi connectivity index (χ4v) is 2.80. The van der Waals surface area contributed by atoms with Crippen LogP contribution in [-0.4, -0.2) is 44.3 Å². The maximum Gasteiger partial charge on any atom is 0.356 e. The number of imidazole rings is 1. The van der Waals surface area contributed by atoms with Gasteiger partial charge in [-0.05, 0) is 31.9 Å². The second-order valence-corrected chi connectivity index (χ2v) is 5.54. The SMILES string of the molecule is CC1(O)CCCN(c2nc3ccccn3c2C(=O)O)C1. The van der Waals surface area contributed by atoms with Crippen LogP contribution in [0.4, 0.5) is 5.82 Å². The second kappa shape index (κ2) is 4.49. The average molecular weight is 275 g/mol. The first-order valence-corrected chi connectivity index (χ1v) is 6.66. The van der Waals surface area contributed by atoms with Crippen LogP contribution >= 0.6 is 0 Å². The first kappa shape index (κ1) is 12.9. The Morgan fingerprint density at radius 3 is 2.95 bits per heavy atom. The Morgan fingerprint density at radius 2 is 2.25 bits per heavy atom. The number of carbonyl (C=O) groups is 1. The number of hydrogen-bond donors (Lipinski definition) is 2. The van der Waals surface area contributed by atoms with Gasteiger partial charge in [0.15, 0.2) is 11.5 Å². The fourth-order valence-electron chi connectivity index (χ4n) is 2.80. The summed E-state index contributed by atoms with van der Waals surface area (Å²) in [6, 6.07) is 5.37. The highest BCUT2D eigenvalue weighted by Gasteiger charge is 2.32. The van der Waals surface area contributed by atoms with Gasteiger partial charge in [0, 0.05) is 19.3 Å². The van der Waals surface area contributed by atoms with Crippen molar-refractivity contribution in [2.45, 2.75) is 25.4 Å². The number of rotatable bonds is 2. The fraction of sp³-hybridized carbons (Fsp3) is 0.429. The summed E-state index contributed by atoms with van der Waals surface area (Å²) in [6.07, 6.45) is 3.23. The lowest BCUT2D eigenvalue weighted by molar-refractivity contribution is 0.0444. The predicted octanol–water partition coefficient (Wildman–Crippen LogP) is 1.38. The number of fused-ring (bicyclic) bond motifs is 1. The summed E-state index contributed by atoms with van der Waals surface area (Å²) in [4.78, 5) is 17.8. The molecule has 20 heavy (non-hydrogen) atoms. The molecule has 1 atom stereocenters. The van der Waals surface area contributed by atoms with Gasteiger partial charge in [-0.3, -0.25) is 4.40 Å². The second-order valence-electron chi connectivity index (χ2n) is 5.54. The van der Waals surface area contributed by atoms with Gasteiger partial charge in [0.2, 0.25) is 0 Å². The van der Waals surface area contributed by atoms with E-state index in [1.807, 2.05) is 11.0 Å².